The number of morpholine rings is 1. The Morgan fingerprint density at radius 2 is 1.44 bits per heavy atom. The van der Waals surface area contributed by atoms with Gasteiger partial charge in [0.1, 0.15) is 0 Å². The van der Waals surface area contributed by atoms with Crippen molar-refractivity contribution in [3.63, 3.8) is 0 Å². The van der Waals surface area contributed by atoms with Crippen LogP contribution in [0, 0.1) is 6.92 Å². The van der Waals surface area contributed by atoms with E-state index >= 15 is 0 Å². The highest BCUT2D eigenvalue weighted by Crippen LogP contribution is 2.57. The Kier molecular flexibility index (Phi) is 13.7. The first-order valence-electron chi connectivity index (χ1n) is 21.2. The van der Waals surface area contributed by atoms with Crippen LogP contribution in [-0.4, -0.2) is 84.2 Å². The van der Waals surface area contributed by atoms with Crippen molar-refractivity contribution in [2.75, 3.05) is 47.0 Å². The fourth-order valence-corrected chi connectivity index (χ4v) is 10.8. The van der Waals surface area contributed by atoms with Crippen LogP contribution in [0.25, 0.3) is 11.1 Å². The number of para-hydroxylation sites is 1. The number of benzene rings is 5. The van der Waals surface area contributed by atoms with Gasteiger partial charge in [-0.1, -0.05) is 115 Å². The van der Waals surface area contributed by atoms with Crippen LogP contribution < -0.4 is 26.0 Å². The van der Waals surface area contributed by atoms with Gasteiger partial charge in [-0.25, -0.2) is 9.46 Å². The Hall–Kier alpha value is -5.79. The minimum Gasteiger partial charge on any atom is -0.493 e. The number of carbonyl (C=O) groups is 1. The van der Waals surface area contributed by atoms with E-state index in [1.54, 1.807) is 31.9 Å². The maximum absolute atomic E-state index is 14.3. The molecule has 1 aromatic heterocycles. The fraction of sp³-hybridized carbons (Fsp3) is 0.286. The van der Waals surface area contributed by atoms with E-state index in [0.717, 1.165) is 27.8 Å². The molecular formula is C49H51ClN5O8P. The summed E-state index contributed by atoms with van der Waals surface area (Å²) in [6.45, 7) is -1.27. The minimum absolute atomic E-state index is 0.162. The first-order chi connectivity index (χ1) is 31.0. The summed E-state index contributed by atoms with van der Waals surface area (Å²) in [5.74, 6) is 0.942. The number of rotatable bonds is 14. The second-order valence-electron chi connectivity index (χ2n) is 16.0. The van der Waals surface area contributed by atoms with Gasteiger partial charge < -0.3 is 24.1 Å². The molecule has 15 heteroatoms. The average molecular weight is 904 g/mol. The molecule has 2 aliphatic rings. The molecule has 1 amide bonds. The van der Waals surface area contributed by atoms with E-state index in [1.165, 1.54) is 10.8 Å². The topological polar surface area (TPSA) is 144 Å². The number of halogens is 1. The molecule has 0 saturated carbocycles. The van der Waals surface area contributed by atoms with Gasteiger partial charge in [-0.15, -0.1) is 0 Å². The van der Waals surface area contributed by atoms with E-state index in [4.69, 9.17) is 30.0 Å². The van der Waals surface area contributed by atoms with Gasteiger partial charge in [0.2, 0.25) is 0 Å². The van der Waals surface area contributed by atoms with Crippen molar-refractivity contribution < 1.29 is 28.1 Å². The third-order valence-corrected chi connectivity index (χ3v) is 14.5. The zero-order chi connectivity index (χ0) is 44.8. The van der Waals surface area contributed by atoms with Crippen molar-refractivity contribution in [1.82, 2.24) is 24.4 Å². The number of nitrogens with one attached hydrogen (secondary N) is 2. The van der Waals surface area contributed by atoms with Crippen LogP contribution in [0.15, 0.2) is 149 Å². The van der Waals surface area contributed by atoms with Gasteiger partial charge in [-0.05, 0) is 71.5 Å². The second kappa shape index (κ2) is 19.5. The van der Waals surface area contributed by atoms with E-state index < -0.39 is 36.0 Å². The quantitative estimate of drug-likeness (QED) is 0.0816. The van der Waals surface area contributed by atoms with Gasteiger partial charge in [0.15, 0.2) is 17.7 Å². The van der Waals surface area contributed by atoms with Crippen molar-refractivity contribution in [1.29, 1.82) is 0 Å². The molecule has 0 bridgehead atoms. The molecule has 3 heterocycles. The number of hydrogen-bond donors (Lipinski definition) is 2. The van der Waals surface area contributed by atoms with E-state index in [0.29, 0.717) is 55.1 Å². The molecule has 0 spiro atoms. The van der Waals surface area contributed by atoms with Crippen LogP contribution in [0.1, 0.15) is 51.7 Å². The van der Waals surface area contributed by atoms with Crippen molar-refractivity contribution in [2.45, 2.75) is 43.7 Å². The third kappa shape index (κ3) is 9.23. The second-order valence-corrected chi connectivity index (χ2v) is 19.0. The first-order valence-corrected chi connectivity index (χ1v) is 23.7. The Morgan fingerprint density at radius 3 is 2.03 bits per heavy atom. The Balaban J connectivity index is 1.01. The summed E-state index contributed by atoms with van der Waals surface area (Å²) in [6, 6.07) is 43.2. The van der Waals surface area contributed by atoms with Crippen LogP contribution in [0.4, 0.5) is 0 Å². The van der Waals surface area contributed by atoms with Crippen LogP contribution in [0.2, 0.25) is 0 Å². The Labute approximate surface area is 376 Å². The lowest BCUT2D eigenvalue weighted by molar-refractivity contribution is -0.148. The molecule has 64 heavy (non-hydrogen) atoms. The average Bonchev–Trinajstić information content (AvgIpc) is 3.33. The summed E-state index contributed by atoms with van der Waals surface area (Å²) in [6.07, 6.45) is 0.880. The SMILES string of the molecule is COc1cccc(-c2cccc(C(=O)NC3CCN(P(=O)(Cl)OCC4CN(C(c5ccccc5)(c5ccccc5)c5ccccc5)CC(n5cc(C)c(=O)[nH]c5=O)O4)CC3)c2)c1OC. The number of aryl methyl sites for hydroxylation is 1. The predicted octanol–water partition coefficient (Wildman–Crippen LogP) is 7.98. The highest BCUT2D eigenvalue weighted by molar-refractivity contribution is 7.83. The highest BCUT2D eigenvalue weighted by Gasteiger charge is 2.47. The molecule has 2 saturated heterocycles. The third-order valence-electron chi connectivity index (χ3n) is 12.1. The van der Waals surface area contributed by atoms with E-state index in [9.17, 15) is 18.9 Å². The number of amides is 1. The maximum atomic E-state index is 14.3. The van der Waals surface area contributed by atoms with Crippen molar-refractivity contribution >= 4 is 24.0 Å². The van der Waals surface area contributed by atoms with Gasteiger partial charge in [0, 0.05) is 55.1 Å². The summed E-state index contributed by atoms with van der Waals surface area (Å²) in [7, 11) is 3.16. The standard InChI is InChI=1S/C49H51ClN5O8P/c1-34-30-55(48(58)52-46(34)56)44-32-53(49(37-17-7-4-8-18-37,38-19-9-5-10-20-38)39-21-11-6-12-22-39)31-41(63-44)33-62-64(50,59)54-27-25-40(26-28-54)51-47(57)36-16-13-15-35(29-36)42-23-14-24-43(60-2)45(42)61-3/h4-24,29-30,40-41,44H,25-28,31-33H2,1-3H3,(H,51,57)(H,52,56,58). The number of hydrogen-bond acceptors (Lipinski definition) is 9. The Bertz CT molecular complexity index is 2630. The molecule has 8 rings (SSSR count). The number of piperidine rings is 1. The van der Waals surface area contributed by atoms with Gasteiger partial charge in [0.25, 0.3) is 11.5 Å². The van der Waals surface area contributed by atoms with Gasteiger partial charge >= 0.3 is 12.6 Å². The lowest BCUT2D eigenvalue weighted by Crippen LogP contribution is -2.58. The molecule has 0 radical (unpaired) electrons. The molecule has 3 atom stereocenters. The molecule has 6 aromatic rings. The van der Waals surface area contributed by atoms with Gasteiger partial charge in [-0.3, -0.25) is 28.6 Å². The van der Waals surface area contributed by atoms with Crippen molar-refractivity contribution in [2.24, 2.45) is 0 Å². The smallest absolute Gasteiger partial charge is 0.363 e. The molecule has 2 fully saturated rings. The maximum Gasteiger partial charge on any atom is 0.363 e. The van der Waals surface area contributed by atoms with Crippen molar-refractivity contribution in [3.8, 4) is 22.6 Å². The summed E-state index contributed by atoms with van der Waals surface area (Å²) in [5, 5.41) is 3.14. The zero-order valence-electron chi connectivity index (χ0n) is 35.9. The number of nitrogens with zero attached hydrogens (tertiary/aromatic N) is 3. The van der Waals surface area contributed by atoms with Crippen LogP contribution in [-0.2, 0) is 19.4 Å². The number of aromatic amines is 1. The molecule has 3 unspecified atom stereocenters. The number of methoxy groups -OCH3 is 2. The number of H-pyrrole nitrogens is 1. The van der Waals surface area contributed by atoms with E-state index in [1.807, 2.05) is 91.0 Å². The number of carbonyl (C=O) groups excluding carboxylic acids is 1. The van der Waals surface area contributed by atoms with Gasteiger partial charge in [0.05, 0.1) is 32.5 Å². The molecule has 332 valence electrons. The van der Waals surface area contributed by atoms with Crippen molar-refractivity contribution in [3.05, 3.63) is 188 Å². The fourth-order valence-electron chi connectivity index (χ4n) is 8.94. The lowest BCUT2D eigenvalue weighted by Gasteiger charge is -2.50. The summed E-state index contributed by atoms with van der Waals surface area (Å²) >= 11 is 6.82. The van der Waals surface area contributed by atoms with Gasteiger partial charge in [-0.2, -0.15) is 0 Å². The molecule has 2 N–H and O–H groups in total. The molecular weight excluding hydrogens is 853 g/mol. The molecule has 0 aliphatic carbocycles. The highest BCUT2D eigenvalue weighted by atomic mass is 35.7. The van der Waals surface area contributed by atoms with Crippen LogP contribution in [0.5, 0.6) is 11.5 Å². The number of aromatic nitrogens is 2. The predicted molar refractivity (Wildman–Crippen MR) is 247 cm³/mol. The normalized spacial score (nSPS) is 18.5. The molecule has 13 nitrogen and oxygen atoms in total. The molecule has 5 aromatic carbocycles. The summed E-state index contributed by atoms with van der Waals surface area (Å²) in [5.41, 5.74) is 3.43. The summed E-state index contributed by atoms with van der Waals surface area (Å²) in [4.78, 5) is 44.2. The van der Waals surface area contributed by atoms with E-state index in [-0.39, 0.29) is 25.1 Å². The largest absolute Gasteiger partial charge is 0.493 e. The van der Waals surface area contributed by atoms with Crippen LogP contribution in [0.3, 0.4) is 0 Å². The van der Waals surface area contributed by atoms with E-state index in [2.05, 4.69) is 51.6 Å². The first kappa shape index (κ1) is 44.8. The summed E-state index contributed by atoms with van der Waals surface area (Å²) < 4.78 is 41.2. The molecule has 2 aliphatic heterocycles. The zero-order valence-corrected chi connectivity index (χ0v) is 37.5. The van der Waals surface area contributed by atoms with Crippen LogP contribution >= 0.6 is 18.1 Å². The lowest BCUT2D eigenvalue weighted by atomic mass is 9.75. The number of ether oxygens (including phenoxy) is 3. The Morgan fingerprint density at radius 1 is 0.828 bits per heavy atom. The minimum atomic E-state index is -3.90. The monoisotopic (exact) mass is 903 g/mol.